The van der Waals surface area contributed by atoms with E-state index in [-0.39, 0.29) is 29.0 Å². The number of anilines is 1. The van der Waals surface area contributed by atoms with Crippen LogP contribution in [0.1, 0.15) is 23.2 Å². The van der Waals surface area contributed by atoms with Crippen LogP contribution in [0.5, 0.6) is 0 Å². The van der Waals surface area contributed by atoms with Gasteiger partial charge in [0.2, 0.25) is 0 Å². The van der Waals surface area contributed by atoms with E-state index >= 15 is 0 Å². The molecule has 1 amide bonds. The molecule has 108 valence electrons. The summed E-state index contributed by atoms with van der Waals surface area (Å²) in [6.07, 6.45) is 1.43. The fourth-order valence-electron chi connectivity index (χ4n) is 2.36. The number of ether oxygens (including phenoxy) is 1. The van der Waals surface area contributed by atoms with Gasteiger partial charge in [-0.3, -0.25) is 9.59 Å². The first kappa shape index (κ1) is 14.3. The maximum Gasteiger partial charge on any atom is 0.310 e. The average Bonchev–Trinajstić information content (AvgIpc) is 2.48. The number of likely N-dealkylation sites (tertiary alicyclic amines) is 1. The zero-order valence-electron chi connectivity index (χ0n) is 11.3. The van der Waals surface area contributed by atoms with Gasteiger partial charge in [0.05, 0.1) is 18.7 Å². The van der Waals surface area contributed by atoms with Crippen molar-refractivity contribution in [1.82, 2.24) is 4.90 Å². The molecule has 1 heterocycles. The lowest BCUT2D eigenvalue weighted by atomic mass is 9.97. The van der Waals surface area contributed by atoms with Crippen molar-refractivity contribution in [3.05, 3.63) is 29.6 Å². The Kier molecular flexibility index (Phi) is 4.22. The number of methoxy groups -OCH3 is 1. The van der Waals surface area contributed by atoms with Crippen molar-refractivity contribution < 1.29 is 18.7 Å². The van der Waals surface area contributed by atoms with Gasteiger partial charge < -0.3 is 15.4 Å². The minimum atomic E-state index is -0.614. The summed E-state index contributed by atoms with van der Waals surface area (Å²) in [5.74, 6) is -1.53. The Bertz CT molecular complexity index is 533. The molecule has 0 aliphatic carbocycles. The van der Waals surface area contributed by atoms with Crippen molar-refractivity contribution in [2.24, 2.45) is 5.92 Å². The number of benzene rings is 1. The second-order valence-electron chi connectivity index (χ2n) is 4.85. The summed E-state index contributed by atoms with van der Waals surface area (Å²) >= 11 is 0. The molecule has 2 rings (SSSR count). The number of nitrogens with two attached hydrogens (primary N) is 1. The number of amides is 1. The summed E-state index contributed by atoms with van der Waals surface area (Å²) < 4.78 is 18.1. The predicted molar refractivity (Wildman–Crippen MR) is 71.5 cm³/mol. The molecule has 1 unspecified atom stereocenters. The summed E-state index contributed by atoms with van der Waals surface area (Å²) in [6, 6.07) is 3.98. The maximum absolute atomic E-state index is 13.4. The first-order valence-electron chi connectivity index (χ1n) is 6.45. The third kappa shape index (κ3) is 2.89. The summed E-state index contributed by atoms with van der Waals surface area (Å²) in [7, 11) is 1.33. The number of nitrogen functional groups attached to an aromatic ring is 1. The van der Waals surface area contributed by atoms with Crippen molar-refractivity contribution in [3.63, 3.8) is 0 Å². The first-order valence-corrected chi connectivity index (χ1v) is 6.45. The Hall–Kier alpha value is -2.11. The van der Waals surface area contributed by atoms with E-state index in [2.05, 4.69) is 0 Å². The van der Waals surface area contributed by atoms with Crippen LogP contribution in [0.4, 0.5) is 10.1 Å². The number of halogens is 1. The molecule has 20 heavy (non-hydrogen) atoms. The lowest BCUT2D eigenvalue weighted by Gasteiger charge is -2.31. The number of carbonyl (C=O) groups excluding carboxylic acids is 2. The molecule has 0 bridgehead atoms. The molecule has 0 saturated carbocycles. The molecule has 1 aromatic carbocycles. The second kappa shape index (κ2) is 5.90. The number of rotatable bonds is 2. The molecule has 5 nitrogen and oxygen atoms in total. The highest BCUT2D eigenvalue weighted by Crippen LogP contribution is 2.21. The van der Waals surface area contributed by atoms with Crippen LogP contribution in [0.25, 0.3) is 0 Å². The molecule has 0 spiro atoms. The lowest BCUT2D eigenvalue weighted by molar-refractivity contribution is -0.146. The summed E-state index contributed by atoms with van der Waals surface area (Å²) in [5, 5.41) is 0. The number of hydrogen-bond donors (Lipinski definition) is 1. The van der Waals surface area contributed by atoms with Crippen LogP contribution in [-0.4, -0.2) is 37.0 Å². The van der Waals surface area contributed by atoms with Crippen LogP contribution in [0.3, 0.4) is 0 Å². The number of esters is 1. The van der Waals surface area contributed by atoms with Crippen LogP contribution >= 0.6 is 0 Å². The van der Waals surface area contributed by atoms with Gasteiger partial charge in [-0.15, -0.1) is 0 Å². The van der Waals surface area contributed by atoms with Gasteiger partial charge in [-0.2, -0.15) is 0 Å². The molecule has 0 radical (unpaired) electrons. The first-order chi connectivity index (χ1) is 9.52. The minimum absolute atomic E-state index is 0.00707. The number of carbonyl (C=O) groups is 2. The number of hydrogen-bond acceptors (Lipinski definition) is 4. The quantitative estimate of drug-likeness (QED) is 0.657. The molecule has 1 atom stereocenters. The van der Waals surface area contributed by atoms with Crippen LogP contribution in [0.2, 0.25) is 0 Å². The molecule has 1 aromatic rings. The van der Waals surface area contributed by atoms with E-state index in [1.165, 1.54) is 19.2 Å². The van der Waals surface area contributed by atoms with Crippen molar-refractivity contribution in [2.45, 2.75) is 12.8 Å². The summed E-state index contributed by atoms with van der Waals surface area (Å²) in [6.45, 7) is 0.857. The van der Waals surface area contributed by atoms with E-state index < -0.39 is 5.82 Å². The van der Waals surface area contributed by atoms with Crippen LogP contribution in [0.15, 0.2) is 18.2 Å². The Balaban J connectivity index is 2.12. The van der Waals surface area contributed by atoms with Gasteiger partial charge in [0, 0.05) is 18.7 Å². The molecule has 1 saturated heterocycles. The third-order valence-electron chi connectivity index (χ3n) is 3.49. The topological polar surface area (TPSA) is 72.6 Å². The Morgan fingerprint density at radius 2 is 2.20 bits per heavy atom. The smallest absolute Gasteiger partial charge is 0.310 e. The maximum atomic E-state index is 13.4. The van der Waals surface area contributed by atoms with Crippen molar-refractivity contribution in [3.8, 4) is 0 Å². The van der Waals surface area contributed by atoms with E-state index in [4.69, 9.17) is 10.5 Å². The second-order valence-corrected chi connectivity index (χ2v) is 4.85. The minimum Gasteiger partial charge on any atom is -0.469 e. The molecule has 0 aromatic heterocycles. The van der Waals surface area contributed by atoms with E-state index in [0.29, 0.717) is 19.5 Å². The highest BCUT2D eigenvalue weighted by atomic mass is 19.1. The van der Waals surface area contributed by atoms with E-state index in [1.807, 2.05) is 0 Å². The largest absolute Gasteiger partial charge is 0.469 e. The van der Waals surface area contributed by atoms with Crippen molar-refractivity contribution >= 4 is 17.6 Å². The normalized spacial score (nSPS) is 18.7. The Labute approximate surface area is 116 Å². The summed E-state index contributed by atoms with van der Waals surface area (Å²) in [4.78, 5) is 25.4. The van der Waals surface area contributed by atoms with Gasteiger partial charge >= 0.3 is 5.97 Å². The Morgan fingerprint density at radius 1 is 1.45 bits per heavy atom. The van der Waals surface area contributed by atoms with E-state index in [9.17, 15) is 14.0 Å². The van der Waals surface area contributed by atoms with E-state index in [1.54, 1.807) is 4.90 Å². The molecular formula is C14H17FN2O3. The fourth-order valence-corrected chi connectivity index (χ4v) is 2.36. The third-order valence-corrected chi connectivity index (χ3v) is 3.49. The molecule has 1 aliphatic heterocycles. The van der Waals surface area contributed by atoms with Gasteiger partial charge in [-0.25, -0.2) is 4.39 Å². The number of piperidine rings is 1. The zero-order valence-corrected chi connectivity index (χ0v) is 11.3. The van der Waals surface area contributed by atoms with Crippen molar-refractivity contribution in [2.75, 3.05) is 25.9 Å². The highest BCUT2D eigenvalue weighted by Gasteiger charge is 2.29. The predicted octanol–water partition coefficient (Wildman–Crippen LogP) is 1.43. The van der Waals surface area contributed by atoms with Gasteiger partial charge in [0.15, 0.2) is 0 Å². The molecular weight excluding hydrogens is 263 g/mol. The molecule has 1 aliphatic rings. The molecule has 1 fully saturated rings. The van der Waals surface area contributed by atoms with Crippen LogP contribution < -0.4 is 5.73 Å². The van der Waals surface area contributed by atoms with Crippen LogP contribution in [0, 0.1) is 11.7 Å². The SMILES string of the molecule is COC(=O)C1CCCN(C(=O)c2ccc(N)c(F)c2)C1. The average molecular weight is 280 g/mol. The summed E-state index contributed by atoms with van der Waals surface area (Å²) in [5.41, 5.74) is 5.63. The monoisotopic (exact) mass is 280 g/mol. The Morgan fingerprint density at radius 3 is 2.85 bits per heavy atom. The lowest BCUT2D eigenvalue weighted by Crippen LogP contribution is -2.42. The van der Waals surface area contributed by atoms with Gasteiger partial charge in [-0.05, 0) is 31.0 Å². The van der Waals surface area contributed by atoms with E-state index in [0.717, 1.165) is 12.5 Å². The molecule has 2 N–H and O–H groups in total. The van der Waals surface area contributed by atoms with Gasteiger partial charge in [0.25, 0.3) is 5.91 Å². The fraction of sp³-hybridized carbons (Fsp3) is 0.429. The van der Waals surface area contributed by atoms with Crippen molar-refractivity contribution in [1.29, 1.82) is 0 Å². The zero-order chi connectivity index (χ0) is 14.7. The van der Waals surface area contributed by atoms with Crippen LogP contribution in [-0.2, 0) is 9.53 Å². The standard InChI is InChI=1S/C14H17FN2O3/c1-20-14(19)10-3-2-6-17(8-10)13(18)9-4-5-12(16)11(15)7-9/h4-5,7,10H,2-3,6,8,16H2,1H3. The number of nitrogens with zero attached hydrogens (tertiary/aromatic N) is 1. The van der Waals surface area contributed by atoms with Gasteiger partial charge in [0.1, 0.15) is 5.82 Å². The molecule has 6 heteroatoms. The highest BCUT2D eigenvalue weighted by molar-refractivity contribution is 5.95. The van der Waals surface area contributed by atoms with Gasteiger partial charge in [-0.1, -0.05) is 0 Å².